The van der Waals surface area contributed by atoms with Crippen molar-refractivity contribution >= 4 is 80.9 Å². The summed E-state index contributed by atoms with van der Waals surface area (Å²) >= 11 is 0. The van der Waals surface area contributed by atoms with Gasteiger partial charge in [-0.2, -0.15) is 13.7 Å². The van der Waals surface area contributed by atoms with Gasteiger partial charge in [-0.3, -0.25) is 0 Å². The number of pyridine rings is 3. The number of nitrogens with zero attached hydrogens (tertiary/aromatic N) is 6. The highest BCUT2D eigenvalue weighted by atomic mass is 79.9. The minimum Gasteiger partial charge on any atom is -1.00 e. The van der Waals surface area contributed by atoms with Crippen LogP contribution in [0.25, 0.3) is 32.7 Å². The number of quaternary nitrogens is 3. The van der Waals surface area contributed by atoms with Crippen molar-refractivity contribution in [2.24, 2.45) is 35.5 Å². The molecule has 9 saturated heterocycles. The molecule has 21 rings (SSSR count). The summed E-state index contributed by atoms with van der Waals surface area (Å²) in [6.45, 7) is 21.8. The van der Waals surface area contributed by atoms with Crippen LogP contribution in [0.3, 0.4) is 0 Å². The van der Waals surface area contributed by atoms with Crippen molar-refractivity contribution in [2.75, 3.05) is 39.3 Å². The molecule has 0 spiro atoms. The smallest absolute Gasteiger partial charge is 0.569 e. The minimum absolute atomic E-state index is 0. The SMILES string of the molecule is C=CC1C[N+]2(Cc3ccc(B(O)O)cc3)CCC1CC2C(O)c1cc[n+](Cc2ccc(B(O)O)cc2)c2cc(CO)ccc12.C=CC1C[N+]2(Cc3ccccc3)CCC1CC2C(O)c1cc[n+](Cc2ccccc2O[B]O)c2cc(CO)ccc12.C=CC1C[N+]2(Cc3ccccc3O[B]O)CCC1CC2C(O)c1cc[n+](Cc2ccccc2O[B]O)c2cc(CO)ccc12.[Br-].[Br-].[Br-].[Br-].[Br-]. The Morgan fingerprint density at radius 1 is 0.358 bits per heavy atom. The van der Waals surface area contributed by atoms with Crippen molar-refractivity contribution < 1.29 is 192 Å². The number of hydrogen-bond donors (Lipinski definition) is 13. The van der Waals surface area contributed by atoms with Gasteiger partial charge in [-0.25, -0.2) is 0 Å². The lowest BCUT2D eigenvalue weighted by atomic mass is 9.71. The molecule has 3 radical (unpaired) electrons. The van der Waals surface area contributed by atoms with E-state index in [-0.39, 0.29) is 123 Å². The van der Waals surface area contributed by atoms with Crippen molar-refractivity contribution in [2.45, 2.75) is 134 Å². The van der Waals surface area contributed by atoms with Crippen LogP contribution in [-0.2, 0) is 59.1 Å². The summed E-state index contributed by atoms with van der Waals surface area (Å²) in [7, 11) is -0.922. The number of aliphatic hydroxyl groups is 6. The van der Waals surface area contributed by atoms with E-state index in [0.717, 1.165) is 201 Å². The Morgan fingerprint density at radius 3 is 0.993 bits per heavy atom. The van der Waals surface area contributed by atoms with Crippen LogP contribution >= 0.6 is 0 Å². The summed E-state index contributed by atoms with van der Waals surface area (Å²) in [6, 6.07) is 71.9. The molecule has 134 heavy (non-hydrogen) atoms. The van der Waals surface area contributed by atoms with Gasteiger partial charge in [0.2, 0.25) is 16.6 Å². The maximum atomic E-state index is 12.3. The minimum atomic E-state index is -1.52. The zero-order chi connectivity index (χ0) is 90.1. The van der Waals surface area contributed by atoms with E-state index in [1.165, 1.54) is 5.56 Å². The Balaban J connectivity index is 0.000000190. The first-order valence-corrected chi connectivity index (χ1v) is 45.0. The molecule has 15 atom stereocenters. The van der Waals surface area contributed by atoms with Crippen LogP contribution in [0, 0.1) is 35.5 Å². The first kappa shape index (κ1) is 106. The van der Waals surface area contributed by atoms with E-state index in [9.17, 15) is 65.8 Å². The molecule has 9 aromatic carbocycles. The van der Waals surface area contributed by atoms with Crippen molar-refractivity contribution in [1.29, 1.82) is 0 Å². The molecule has 9 aliphatic rings. The lowest BCUT2D eigenvalue weighted by molar-refractivity contribution is -0.985. The Kier molecular flexibility index (Phi) is 38.1. The molecule has 9 aliphatic heterocycles. The molecule has 3 aromatic heterocycles. The normalized spacial score (nSPS) is 22.7. The van der Waals surface area contributed by atoms with E-state index in [0.29, 0.717) is 110 Å². The quantitative estimate of drug-likeness (QED) is 0.00807. The van der Waals surface area contributed by atoms with Gasteiger partial charge >= 0.3 is 37.3 Å². The second kappa shape index (κ2) is 48.0. The molecule has 0 saturated carbocycles. The van der Waals surface area contributed by atoms with Gasteiger partial charge in [0.05, 0.1) is 86.4 Å². The number of halogens is 5. The second-order valence-electron chi connectivity index (χ2n) is 36.4. The highest BCUT2D eigenvalue weighted by molar-refractivity contribution is 6.59. The molecule has 13 N–H and O–H groups in total. The van der Waals surface area contributed by atoms with Crippen molar-refractivity contribution in [3.8, 4) is 17.2 Å². The van der Waals surface area contributed by atoms with Gasteiger partial charge in [0.15, 0.2) is 38.2 Å². The van der Waals surface area contributed by atoms with Crippen molar-refractivity contribution in [1.82, 2.24) is 0 Å². The average Bonchev–Trinajstić information content (AvgIpc) is 0.742. The standard InChI is InChI=1S/C34H40B2N2O6.C34H38B2N2O6.C34H38BN2O4.5BrH/c1-2-26-21-38(20-24-5-10-29(11-6-24)36(43)44)16-14-27(26)18-33(38)34(40)31-13-15-37(32-17-25(22-39)7-12-30(31)32)19-23-3-8-28(9-4-23)35(41)42;1-2-24-20-38(21-27-8-4-6-10-33(27)44-36-42)16-14-25(24)18-31(38)34(40)29-13-15-37(30-17-23(22-39)11-12-28(29)30)19-26-7-3-5-9-32(26)43-35-41;1-2-26-22-37(21-24-8-4-3-5-9-24)17-15-27(26)19-32(37)34(39)30-14-16-36(31-18-25(23-38)12-13-29(30)31)20-28-10-6-7-11-33(28)41-35-40;;;;;/h2-13,15,17,26-27,33-34,39-44H,1,14,16,18-22H2;2-13,15,17,24-25,31,34,39-42H,1,14,16,18-22H2;2-14,16,18,26-27,32,34,38-40H,1,15,17,19-23H2;5*1H/q3*+2;;;;;/p-5. The Hall–Kier alpha value is -8.09. The average molecular weight is 2140 g/mol. The van der Waals surface area contributed by atoms with Crippen LogP contribution in [0.5, 0.6) is 17.2 Å². The van der Waals surface area contributed by atoms with E-state index in [2.05, 4.69) is 88.1 Å². The number of hydrogen-bond acceptors (Lipinski definition) is 16. The third kappa shape index (κ3) is 22.9. The zero-order valence-corrected chi connectivity index (χ0v) is 82.7. The lowest BCUT2D eigenvalue weighted by Crippen LogP contribution is -3.00. The van der Waals surface area contributed by atoms with Gasteiger partial charge in [-0.05, 0) is 100.0 Å². The van der Waals surface area contributed by atoms with Gasteiger partial charge in [-0.15, -0.1) is 19.7 Å². The van der Waals surface area contributed by atoms with Gasteiger partial charge in [-0.1, -0.05) is 152 Å². The van der Waals surface area contributed by atoms with Gasteiger partial charge in [0.1, 0.15) is 73.3 Å². The van der Waals surface area contributed by atoms with E-state index in [1.54, 1.807) is 30.3 Å². The fraction of sp³-hybridized carbons (Fsp3) is 0.324. The summed E-state index contributed by atoms with van der Waals surface area (Å²) in [5.41, 5.74) is 14.8. The van der Waals surface area contributed by atoms with Crippen molar-refractivity contribution in [3.05, 3.63) is 348 Å². The van der Waals surface area contributed by atoms with Crippen LogP contribution in [-0.4, -0.2) is 174 Å². The molecule has 9 fully saturated rings. The van der Waals surface area contributed by atoms with E-state index < -0.39 is 32.5 Å². The number of fused-ring (bicyclic) bond motifs is 12. The van der Waals surface area contributed by atoms with Crippen LogP contribution in [0.1, 0.15) is 124 Å². The summed E-state index contributed by atoms with van der Waals surface area (Å²) in [6.07, 6.45) is 16.2. The molecule has 0 aliphatic carbocycles. The first-order valence-electron chi connectivity index (χ1n) is 45.0. The predicted octanol–water partition coefficient (Wildman–Crippen LogP) is -6.97. The molecule has 699 valence electrons. The molecule has 12 aromatic rings. The van der Waals surface area contributed by atoms with Gasteiger partial charge < -0.3 is 178 Å². The van der Waals surface area contributed by atoms with Gasteiger partial charge in [0.25, 0.3) is 0 Å². The number of para-hydroxylation sites is 3. The summed E-state index contributed by atoms with van der Waals surface area (Å²) in [5.74, 6) is 4.44. The van der Waals surface area contributed by atoms with E-state index in [4.69, 9.17) is 14.0 Å². The number of rotatable bonds is 32. The summed E-state index contributed by atoms with van der Waals surface area (Å²) in [5, 5.41) is 136. The lowest BCUT2D eigenvalue weighted by Gasteiger charge is -2.58. The number of benzene rings is 9. The summed E-state index contributed by atoms with van der Waals surface area (Å²) < 4.78 is 24.7. The topological polar surface area (TPSA) is 302 Å². The number of aliphatic hydroxyl groups excluding tert-OH is 6. The number of aromatic nitrogens is 3. The fourth-order valence-corrected chi connectivity index (χ4v) is 22.7. The molecule has 12 heterocycles. The third-order valence-corrected chi connectivity index (χ3v) is 29.3. The fourth-order valence-electron chi connectivity index (χ4n) is 22.7. The second-order valence-corrected chi connectivity index (χ2v) is 36.4. The van der Waals surface area contributed by atoms with Gasteiger partial charge in [0, 0.05) is 132 Å². The van der Waals surface area contributed by atoms with Crippen LogP contribution in [0.4, 0.5) is 0 Å². The number of piperidine rings is 9. The first-order chi connectivity index (χ1) is 62.7. The van der Waals surface area contributed by atoms with Crippen LogP contribution in [0.15, 0.2) is 281 Å². The highest BCUT2D eigenvalue weighted by Crippen LogP contribution is 2.52. The third-order valence-electron chi connectivity index (χ3n) is 29.3. The molecule has 0 amide bonds. The maximum absolute atomic E-state index is 12.3. The largest absolute Gasteiger partial charge is 1.00 e. The highest BCUT2D eigenvalue weighted by Gasteiger charge is 2.58. The molecule has 32 heteroatoms. The molecular weight excluding hydrogens is 2020 g/mol. The maximum Gasteiger partial charge on any atom is 0.569 e. The van der Waals surface area contributed by atoms with Crippen molar-refractivity contribution in [3.63, 3.8) is 0 Å². The Bertz CT molecular complexity index is 5960. The monoisotopic (exact) mass is 2130 g/mol. The molecule has 22 nitrogen and oxygen atoms in total. The Labute approximate surface area is 839 Å². The summed E-state index contributed by atoms with van der Waals surface area (Å²) in [4.78, 5) is 0. The molecule has 15 unspecified atom stereocenters. The van der Waals surface area contributed by atoms with E-state index >= 15 is 0 Å². The molecular formula is C102H116B5Br5N6O16+. The molecule has 6 bridgehead atoms. The van der Waals surface area contributed by atoms with E-state index in [1.807, 2.05) is 176 Å². The van der Waals surface area contributed by atoms with Crippen LogP contribution < -0.4 is 123 Å². The Morgan fingerprint density at radius 2 is 0.657 bits per heavy atom. The van der Waals surface area contributed by atoms with Crippen LogP contribution in [0.2, 0.25) is 0 Å². The predicted molar refractivity (Wildman–Crippen MR) is 498 cm³/mol. The zero-order valence-electron chi connectivity index (χ0n) is 74.7.